The molecule has 0 saturated carbocycles. The first-order valence-corrected chi connectivity index (χ1v) is 7.27. The molecule has 2 nitrogen and oxygen atoms in total. The van der Waals surface area contributed by atoms with Gasteiger partial charge in [0.05, 0.1) is 12.3 Å². The van der Waals surface area contributed by atoms with E-state index in [0.29, 0.717) is 0 Å². The van der Waals surface area contributed by atoms with E-state index in [1.807, 2.05) is 11.8 Å². The maximum Gasteiger partial charge on any atom is 0.117 e. The van der Waals surface area contributed by atoms with E-state index in [2.05, 4.69) is 38.2 Å². The normalized spacial score (nSPS) is 12.9. The van der Waals surface area contributed by atoms with Gasteiger partial charge in [0.15, 0.2) is 0 Å². The highest BCUT2D eigenvalue weighted by Crippen LogP contribution is 2.18. The summed E-state index contributed by atoms with van der Waals surface area (Å²) in [5.41, 5.74) is 0. The van der Waals surface area contributed by atoms with Crippen LogP contribution in [0.3, 0.4) is 0 Å². The maximum atomic E-state index is 5.72. The van der Waals surface area contributed by atoms with E-state index in [9.17, 15) is 0 Å². The van der Waals surface area contributed by atoms with E-state index >= 15 is 0 Å². The fraction of sp³-hybridized carbons (Fsp3) is 0.692. The molecule has 0 aromatic carbocycles. The van der Waals surface area contributed by atoms with Gasteiger partial charge in [-0.2, -0.15) is 11.8 Å². The molecule has 1 aromatic heterocycles. The summed E-state index contributed by atoms with van der Waals surface area (Å²) in [6.45, 7) is 8.47. The van der Waals surface area contributed by atoms with Crippen LogP contribution in [0.15, 0.2) is 16.5 Å². The molecule has 0 aliphatic carbocycles. The summed E-state index contributed by atoms with van der Waals surface area (Å²) >= 11 is 1.96. The van der Waals surface area contributed by atoms with Crippen LogP contribution in [-0.4, -0.2) is 12.3 Å². The lowest BCUT2D eigenvalue weighted by Gasteiger charge is -2.06. The number of hydrogen-bond donors (Lipinski definition) is 1. The third-order valence-corrected chi connectivity index (χ3v) is 3.90. The predicted octanol–water partition coefficient (Wildman–Crippen LogP) is 3.67. The van der Waals surface area contributed by atoms with Crippen LogP contribution in [0.2, 0.25) is 0 Å². The average Bonchev–Trinajstić information content (AvgIpc) is 2.74. The number of furan rings is 1. The smallest absolute Gasteiger partial charge is 0.117 e. The first-order valence-electron chi connectivity index (χ1n) is 6.12. The second kappa shape index (κ2) is 7.80. The fourth-order valence-electron chi connectivity index (χ4n) is 1.32. The Morgan fingerprint density at radius 3 is 2.75 bits per heavy atom. The Balaban J connectivity index is 2.23. The molecule has 0 spiro atoms. The largest absolute Gasteiger partial charge is 0.464 e. The van der Waals surface area contributed by atoms with Gasteiger partial charge in [-0.05, 0) is 30.3 Å². The molecule has 1 rings (SSSR count). The minimum Gasteiger partial charge on any atom is -0.464 e. The molecule has 0 aliphatic rings. The van der Waals surface area contributed by atoms with Gasteiger partial charge in [-0.1, -0.05) is 27.2 Å². The van der Waals surface area contributed by atoms with Crippen LogP contribution < -0.4 is 5.32 Å². The molecule has 0 amide bonds. The zero-order chi connectivity index (χ0) is 11.8. The van der Waals surface area contributed by atoms with E-state index in [0.717, 1.165) is 36.3 Å². The second-order valence-corrected chi connectivity index (χ2v) is 5.21. The lowest BCUT2D eigenvalue weighted by atomic mass is 10.2. The average molecular weight is 241 g/mol. The Morgan fingerprint density at radius 2 is 2.06 bits per heavy atom. The number of thioether (sulfide) groups is 1. The maximum absolute atomic E-state index is 5.72. The molecule has 0 radical (unpaired) electrons. The number of hydrogen-bond acceptors (Lipinski definition) is 3. The summed E-state index contributed by atoms with van der Waals surface area (Å²) in [6.07, 6.45) is 1.26. The molecule has 1 aromatic rings. The van der Waals surface area contributed by atoms with Crippen LogP contribution in [0, 0.1) is 5.92 Å². The Morgan fingerprint density at radius 1 is 1.31 bits per heavy atom. The number of nitrogens with one attached hydrogen (secondary N) is 1. The van der Waals surface area contributed by atoms with E-state index in [-0.39, 0.29) is 0 Å². The van der Waals surface area contributed by atoms with Crippen LogP contribution in [0.4, 0.5) is 0 Å². The van der Waals surface area contributed by atoms with E-state index < -0.39 is 0 Å². The molecule has 1 unspecified atom stereocenters. The highest BCUT2D eigenvalue weighted by Gasteiger charge is 2.03. The van der Waals surface area contributed by atoms with Gasteiger partial charge in [0, 0.05) is 0 Å². The van der Waals surface area contributed by atoms with Crippen molar-refractivity contribution in [2.75, 3.05) is 12.3 Å². The summed E-state index contributed by atoms with van der Waals surface area (Å²) in [6, 6.07) is 4.16. The molecule has 0 fully saturated rings. The van der Waals surface area contributed by atoms with E-state index in [4.69, 9.17) is 4.42 Å². The third kappa shape index (κ3) is 5.08. The Hall–Kier alpha value is -0.410. The monoisotopic (exact) mass is 241 g/mol. The van der Waals surface area contributed by atoms with Gasteiger partial charge in [0.2, 0.25) is 0 Å². The Labute approximate surface area is 103 Å². The summed E-state index contributed by atoms with van der Waals surface area (Å²) in [4.78, 5) is 0. The molecule has 3 heteroatoms. The van der Waals surface area contributed by atoms with E-state index in [1.54, 1.807) is 0 Å². The highest BCUT2D eigenvalue weighted by molar-refractivity contribution is 7.98. The number of rotatable bonds is 8. The van der Waals surface area contributed by atoms with Crippen molar-refractivity contribution in [1.29, 1.82) is 0 Å². The molecule has 0 aliphatic heterocycles. The van der Waals surface area contributed by atoms with Crippen molar-refractivity contribution in [2.24, 2.45) is 5.92 Å². The van der Waals surface area contributed by atoms with Crippen LogP contribution in [0.5, 0.6) is 0 Å². The molecule has 16 heavy (non-hydrogen) atoms. The summed E-state index contributed by atoms with van der Waals surface area (Å²) in [5, 5.41) is 3.26. The first-order chi connectivity index (χ1) is 7.76. The van der Waals surface area contributed by atoms with Gasteiger partial charge >= 0.3 is 0 Å². The molecular formula is C13H23NOS. The molecule has 1 atom stereocenters. The van der Waals surface area contributed by atoms with Gasteiger partial charge in [-0.15, -0.1) is 0 Å². The first kappa shape index (κ1) is 13.7. The molecule has 0 saturated heterocycles. The molecular weight excluding hydrogens is 218 g/mol. The SMILES string of the molecule is CCNCc1ccc(CSCC(C)CC)o1. The zero-order valence-electron chi connectivity index (χ0n) is 10.6. The molecule has 92 valence electrons. The lowest BCUT2D eigenvalue weighted by Crippen LogP contribution is -2.10. The van der Waals surface area contributed by atoms with Crippen LogP contribution in [0.25, 0.3) is 0 Å². The van der Waals surface area contributed by atoms with Crippen LogP contribution in [-0.2, 0) is 12.3 Å². The van der Waals surface area contributed by atoms with Crippen molar-refractivity contribution in [3.63, 3.8) is 0 Å². The van der Waals surface area contributed by atoms with Crippen molar-refractivity contribution in [3.8, 4) is 0 Å². The minimum absolute atomic E-state index is 0.807. The Kier molecular flexibility index (Phi) is 6.65. The summed E-state index contributed by atoms with van der Waals surface area (Å²) in [7, 11) is 0. The predicted molar refractivity (Wildman–Crippen MR) is 71.7 cm³/mol. The van der Waals surface area contributed by atoms with Crippen molar-refractivity contribution >= 4 is 11.8 Å². The highest BCUT2D eigenvalue weighted by atomic mass is 32.2. The quantitative estimate of drug-likeness (QED) is 0.752. The second-order valence-electron chi connectivity index (χ2n) is 4.18. The molecule has 1 N–H and O–H groups in total. The van der Waals surface area contributed by atoms with E-state index in [1.165, 1.54) is 12.2 Å². The third-order valence-electron chi connectivity index (χ3n) is 2.61. The lowest BCUT2D eigenvalue weighted by molar-refractivity contribution is 0.462. The van der Waals surface area contributed by atoms with Crippen molar-refractivity contribution in [2.45, 2.75) is 39.5 Å². The topological polar surface area (TPSA) is 25.2 Å². The Bertz CT molecular complexity index is 285. The van der Waals surface area contributed by atoms with Crippen molar-refractivity contribution in [3.05, 3.63) is 23.7 Å². The standard InChI is InChI=1S/C13H23NOS/c1-4-11(3)9-16-10-13-7-6-12(15-13)8-14-5-2/h6-7,11,14H,4-5,8-10H2,1-3H3. The fourth-order valence-corrected chi connectivity index (χ4v) is 2.43. The van der Waals surface area contributed by atoms with Crippen molar-refractivity contribution < 1.29 is 4.42 Å². The van der Waals surface area contributed by atoms with Gasteiger partial charge in [0.1, 0.15) is 11.5 Å². The van der Waals surface area contributed by atoms with Gasteiger partial charge in [-0.3, -0.25) is 0 Å². The minimum atomic E-state index is 0.807. The van der Waals surface area contributed by atoms with Gasteiger partial charge in [-0.25, -0.2) is 0 Å². The van der Waals surface area contributed by atoms with Gasteiger partial charge < -0.3 is 9.73 Å². The van der Waals surface area contributed by atoms with Crippen molar-refractivity contribution in [1.82, 2.24) is 5.32 Å². The molecule has 0 bridgehead atoms. The summed E-state index contributed by atoms with van der Waals surface area (Å²) < 4.78 is 5.72. The molecule has 1 heterocycles. The summed E-state index contributed by atoms with van der Waals surface area (Å²) in [5.74, 6) is 5.17. The van der Waals surface area contributed by atoms with Crippen LogP contribution in [0.1, 0.15) is 38.7 Å². The van der Waals surface area contributed by atoms with Gasteiger partial charge in [0.25, 0.3) is 0 Å². The zero-order valence-corrected chi connectivity index (χ0v) is 11.4. The van der Waals surface area contributed by atoms with Crippen LogP contribution >= 0.6 is 11.8 Å².